The molecule has 0 unspecified atom stereocenters. The Kier molecular flexibility index (Phi) is 2.09. The lowest BCUT2D eigenvalue weighted by Gasteiger charge is -2.36. The molecule has 0 spiro atoms. The highest BCUT2D eigenvalue weighted by atomic mass is 16.2. The van der Waals surface area contributed by atoms with Crippen molar-refractivity contribution in [1.29, 1.82) is 0 Å². The number of carbonyl (C=O) groups is 1. The lowest BCUT2D eigenvalue weighted by atomic mass is 10.1. The van der Waals surface area contributed by atoms with Gasteiger partial charge < -0.3 is 15.6 Å². The quantitative estimate of drug-likeness (QED) is 0.610. The van der Waals surface area contributed by atoms with Crippen molar-refractivity contribution in [2.75, 3.05) is 13.1 Å². The lowest BCUT2D eigenvalue weighted by Crippen LogP contribution is -2.58. The molecule has 14 heavy (non-hydrogen) atoms. The molecule has 74 valence electrons. The number of amides is 1. The Morgan fingerprint density at radius 2 is 2.29 bits per heavy atom. The van der Waals surface area contributed by atoms with E-state index >= 15 is 0 Å². The average molecular weight is 193 g/mol. The van der Waals surface area contributed by atoms with Gasteiger partial charge in [0.05, 0.1) is 0 Å². The number of nitrogens with one attached hydrogen (secondary N) is 1. The molecule has 0 aromatic carbocycles. The third kappa shape index (κ3) is 1.42. The molecule has 1 aliphatic rings. The van der Waals surface area contributed by atoms with Crippen LogP contribution >= 0.6 is 0 Å². The topological polar surface area (TPSA) is 79.2 Å². The molecule has 1 aromatic heterocycles. The molecule has 0 aliphatic carbocycles. The van der Waals surface area contributed by atoms with Crippen molar-refractivity contribution in [3.05, 3.63) is 34.2 Å². The number of hydrogen-bond donors (Lipinski definition) is 2. The number of nitrogens with zero attached hydrogens (tertiary/aromatic N) is 1. The van der Waals surface area contributed by atoms with Gasteiger partial charge in [-0.25, -0.2) is 0 Å². The second-order valence-electron chi connectivity index (χ2n) is 3.38. The molecule has 1 aromatic rings. The van der Waals surface area contributed by atoms with Gasteiger partial charge >= 0.3 is 0 Å². The number of aromatic amines is 1. The van der Waals surface area contributed by atoms with E-state index in [9.17, 15) is 9.59 Å². The van der Waals surface area contributed by atoms with Crippen molar-refractivity contribution in [1.82, 2.24) is 9.88 Å². The SMILES string of the molecule is NC1CN(C(=O)c2ccc[nH]c2=O)C1. The average Bonchev–Trinajstić information content (AvgIpc) is 2.13. The Bertz CT molecular complexity index is 407. The molecular weight excluding hydrogens is 182 g/mol. The minimum absolute atomic E-state index is 0.0572. The molecule has 0 bridgehead atoms. The van der Waals surface area contributed by atoms with Crippen molar-refractivity contribution in [2.24, 2.45) is 5.73 Å². The fourth-order valence-electron chi connectivity index (χ4n) is 1.44. The Morgan fingerprint density at radius 1 is 1.57 bits per heavy atom. The number of nitrogens with two attached hydrogens (primary N) is 1. The van der Waals surface area contributed by atoms with Crippen LogP contribution in [0.4, 0.5) is 0 Å². The van der Waals surface area contributed by atoms with Crippen LogP contribution in [-0.4, -0.2) is 34.9 Å². The van der Waals surface area contributed by atoms with Crippen molar-refractivity contribution >= 4 is 5.91 Å². The van der Waals surface area contributed by atoms with E-state index in [2.05, 4.69) is 4.98 Å². The largest absolute Gasteiger partial charge is 0.335 e. The summed E-state index contributed by atoms with van der Waals surface area (Å²) in [6.45, 7) is 1.07. The van der Waals surface area contributed by atoms with Gasteiger partial charge in [0.25, 0.3) is 11.5 Å². The van der Waals surface area contributed by atoms with Crippen LogP contribution in [0.2, 0.25) is 0 Å². The number of rotatable bonds is 1. The molecule has 1 amide bonds. The standard InChI is InChI=1S/C9H11N3O2/c10-6-4-12(5-6)9(14)7-2-1-3-11-8(7)13/h1-3,6H,4-5,10H2,(H,11,13). The van der Waals surface area contributed by atoms with E-state index in [1.165, 1.54) is 12.3 Å². The first-order valence-corrected chi connectivity index (χ1v) is 4.41. The summed E-state index contributed by atoms with van der Waals surface area (Å²) in [6.07, 6.45) is 1.50. The molecule has 0 atom stereocenters. The highest BCUT2D eigenvalue weighted by Crippen LogP contribution is 2.08. The van der Waals surface area contributed by atoms with Crippen LogP contribution in [-0.2, 0) is 0 Å². The summed E-state index contributed by atoms with van der Waals surface area (Å²) in [4.78, 5) is 26.9. The third-order valence-corrected chi connectivity index (χ3v) is 2.25. The molecule has 1 fully saturated rings. The minimum atomic E-state index is -0.349. The molecule has 2 heterocycles. The van der Waals surface area contributed by atoms with Gasteiger partial charge in [0.2, 0.25) is 0 Å². The van der Waals surface area contributed by atoms with E-state index in [-0.39, 0.29) is 23.1 Å². The van der Waals surface area contributed by atoms with Crippen LogP contribution in [0.25, 0.3) is 0 Å². The molecular formula is C9H11N3O2. The number of aromatic nitrogens is 1. The van der Waals surface area contributed by atoms with Gasteiger partial charge in [0.15, 0.2) is 0 Å². The maximum absolute atomic E-state index is 11.6. The Balaban J connectivity index is 2.20. The van der Waals surface area contributed by atoms with E-state index in [0.29, 0.717) is 13.1 Å². The zero-order valence-corrected chi connectivity index (χ0v) is 7.56. The summed E-state index contributed by atoms with van der Waals surface area (Å²) in [5.41, 5.74) is 5.37. The first-order valence-electron chi connectivity index (χ1n) is 4.41. The predicted molar refractivity (Wildman–Crippen MR) is 50.9 cm³/mol. The van der Waals surface area contributed by atoms with Crippen LogP contribution in [0, 0.1) is 0 Å². The maximum atomic E-state index is 11.6. The predicted octanol–water partition coefficient (Wildman–Crippen LogP) is -0.842. The van der Waals surface area contributed by atoms with Crippen molar-refractivity contribution in [2.45, 2.75) is 6.04 Å². The molecule has 1 saturated heterocycles. The number of likely N-dealkylation sites (tertiary alicyclic amines) is 1. The fraction of sp³-hybridized carbons (Fsp3) is 0.333. The summed E-state index contributed by atoms with van der Waals surface area (Å²) in [7, 11) is 0. The third-order valence-electron chi connectivity index (χ3n) is 2.25. The van der Waals surface area contributed by atoms with Crippen LogP contribution in [0.15, 0.2) is 23.1 Å². The van der Waals surface area contributed by atoms with E-state index in [1.807, 2.05) is 0 Å². The molecule has 2 rings (SSSR count). The van der Waals surface area contributed by atoms with Crippen LogP contribution < -0.4 is 11.3 Å². The van der Waals surface area contributed by atoms with Gasteiger partial charge in [0, 0.05) is 25.3 Å². The molecule has 5 heteroatoms. The smallest absolute Gasteiger partial charge is 0.260 e. The van der Waals surface area contributed by atoms with Crippen LogP contribution in [0.5, 0.6) is 0 Å². The second kappa shape index (κ2) is 3.26. The van der Waals surface area contributed by atoms with E-state index in [1.54, 1.807) is 11.0 Å². The summed E-state index contributed by atoms with van der Waals surface area (Å²) in [5.74, 6) is -0.242. The fourth-order valence-corrected chi connectivity index (χ4v) is 1.44. The zero-order valence-electron chi connectivity index (χ0n) is 7.56. The summed E-state index contributed by atoms with van der Waals surface area (Å²) >= 11 is 0. The van der Waals surface area contributed by atoms with E-state index in [0.717, 1.165) is 0 Å². The minimum Gasteiger partial charge on any atom is -0.335 e. The summed E-state index contributed by atoms with van der Waals surface area (Å²) < 4.78 is 0. The first-order chi connectivity index (χ1) is 6.68. The number of carbonyl (C=O) groups excluding carboxylic acids is 1. The summed E-state index contributed by atoms with van der Waals surface area (Å²) in [5, 5.41) is 0. The second-order valence-corrected chi connectivity index (χ2v) is 3.38. The van der Waals surface area contributed by atoms with Crippen molar-refractivity contribution in [3.8, 4) is 0 Å². The van der Waals surface area contributed by atoms with Crippen molar-refractivity contribution < 1.29 is 4.79 Å². The highest BCUT2D eigenvalue weighted by molar-refractivity contribution is 5.94. The van der Waals surface area contributed by atoms with Crippen molar-refractivity contribution in [3.63, 3.8) is 0 Å². The van der Waals surface area contributed by atoms with Gasteiger partial charge in [-0.15, -0.1) is 0 Å². The maximum Gasteiger partial charge on any atom is 0.260 e. The van der Waals surface area contributed by atoms with Gasteiger partial charge in [-0.05, 0) is 12.1 Å². The van der Waals surface area contributed by atoms with Gasteiger partial charge in [-0.3, -0.25) is 9.59 Å². The van der Waals surface area contributed by atoms with Crippen LogP contribution in [0.3, 0.4) is 0 Å². The lowest BCUT2D eigenvalue weighted by molar-refractivity contribution is 0.0606. The monoisotopic (exact) mass is 193 g/mol. The van der Waals surface area contributed by atoms with Gasteiger partial charge in [-0.2, -0.15) is 0 Å². The van der Waals surface area contributed by atoms with E-state index in [4.69, 9.17) is 5.73 Å². The van der Waals surface area contributed by atoms with Crippen LogP contribution in [0.1, 0.15) is 10.4 Å². The first kappa shape index (κ1) is 8.96. The molecule has 1 aliphatic heterocycles. The zero-order chi connectivity index (χ0) is 10.1. The molecule has 3 N–H and O–H groups in total. The van der Waals surface area contributed by atoms with Gasteiger partial charge in [-0.1, -0.05) is 0 Å². The Labute approximate surface area is 80.5 Å². The number of hydrogen-bond acceptors (Lipinski definition) is 3. The molecule has 0 saturated carbocycles. The number of H-pyrrole nitrogens is 1. The highest BCUT2D eigenvalue weighted by Gasteiger charge is 2.29. The van der Waals surface area contributed by atoms with Gasteiger partial charge in [0.1, 0.15) is 5.56 Å². The Hall–Kier alpha value is -1.62. The Morgan fingerprint density at radius 3 is 2.86 bits per heavy atom. The molecule has 5 nitrogen and oxygen atoms in total. The summed E-state index contributed by atoms with van der Waals surface area (Å²) in [6, 6.07) is 3.21. The van der Waals surface area contributed by atoms with E-state index < -0.39 is 0 Å². The normalized spacial score (nSPS) is 16.5. The number of pyridine rings is 1. The molecule has 0 radical (unpaired) electrons.